The molecule has 2 N–H and O–H groups in total. The number of phenols is 1. The van der Waals surface area contributed by atoms with Crippen LogP contribution in [0.25, 0.3) is 6.08 Å². The van der Waals surface area contributed by atoms with Gasteiger partial charge in [-0.1, -0.05) is 50.6 Å². The third-order valence-corrected chi connectivity index (χ3v) is 5.47. The van der Waals surface area contributed by atoms with Crippen LogP contribution in [-0.4, -0.2) is 29.6 Å². The quantitative estimate of drug-likeness (QED) is 0.273. The minimum absolute atomic E-state index is 0.0125. The van der Waals surface area contributed by atoms with Gasteiger partial charge in [-0.05, 0) is 55.0 Å². The summed E-state index contributed by atoms with van der Waals surface area (Å²) in [6.45, 7) is 2.68. The highest BCUT2D eigenvalue weighted by Crippen LogP contribution is 2.28. The summed E-state index contributed by atoms with van der Waals surface area (Å²) in [7, 11) is 0. The summed E-state index contributed by atoms with van der Waals surface area (Å²) >= 11 is 6.14. The zero-order chi connectivity index (χ0) is 23.8. The number of nitrogens with one attached hydrogen (secondary N) is 1. The smallest absolute Gasteiger partial charge is 0.335 e. The van der Waals surface area contributed by atoms with E-state index in [1.165, 1.54) is 49.6 Å². The number of unbranched alkanes of at least 4 members (excludes halogenated alkanes) is 5. The SMILES string of the molecule is CCCCCCCCOc1ccc(Cl)cc1/C=C1/C(=O)NC(=O)N(c2ccc(O)cc2)C1=O. The summed E-state index contributed by atoms with van der Waals surface area (Å²) in [5.41, 5.74) is 0.459. The maximum Gasteiger partial charge on any atom is 0.335 e. The Morgan fingerprint density at radius 1 is 1.00 bits per heavy atom. The van der Waals surface area contributed by atoms with E-state index in [0.717, 1.165) is 24.2 Å². The first-order valence-corrected chi connectivity index (χ1v) is 11.4. The number of imide groups is 2. The fourth-order valence-corrected chi connectivity index (χ4v) is 3.66. The summed E-state index contributed by atoms with van der Waals surface area (Å²) in [4.78, 5) is 38.7. The van der Waals surface area contributed by atoms with Crippen molar-refractivity contribution in [2.24, 2.45) is 0 Å². The van der Waals surface area contributed by atoms with E-state index in [-0.39, 0.29) is 17.0 Å². The lowest BCUT2D eigenvalue weighted by molar-refractivity contribution is -0.122. The molecule has 1 heterocycles. The van der Waals surface area contributed by atoms with E-state index >= 15 is 0 Å². The van der Waals surface area contributed by atoms with Crippen LogP contribution in [0, 0.1) is 0 Å². The Kier molecular flexibility index (Phi) is 8.49. The highest BCUT2D eigenvalue weighted by atomic mass is 35.5. The van der Waals surface area contributed by atoms with Crippen molar-refractivity contribution in [3.8, 4) is 11.5 Å². The third kappa shape index (κ3) is 6.35. The van der Waals surface area contributed by atoms with E-state index in [9.17, 15) is 19.5 Å². The molecule has 0 radical (unpaired) electrons. The van der Waals surface area contributed by atoms with Crippen molar-refractivity contribution < 1.29 is 24.2 Å². The van der Waals surface area contributed by atoms with E-state index in [4.69, 9.17) is 16.3 Å². The van der Waals surface area contributed by atoms with Crippen molar-refractivity contribution in [2.75, 3.05) is 11.5 Å². The Morgan fingerprint density at radius 2 is 1.70 bits per heavy atom. The third-order valence-electron chi connectivity index (χ3n) is 5.24. The van der Waals surface area contributed by atoms with Crippen molar-refractivity contribution in [3.63, 3.8) is 0 Å². The number of halogens is 1. The molecule has 1 saturated heterocycles. The Labute approximate surface area is 198 Å². The van der Waals surface area contributed by atoms with Crippen LogP contribution in [0.4, 0.5) is 10.5 Å². The summed E-state index contributed by atoms with van der Waals surface area (Å²) in [6.07, 6.45) is 8.13. The molecule has 174 valence electrons. The van der Waals surface area contributed by atoms with Gasteiger partial charge in [0.1, 0.15) is 17.1 Å². The molecule has 3 rings (SSSR count). The molecule has 33 heavy (non-hydrogen) atoms. The number of phenolic OH excluding ortho intramolecular Hbond substituents is 1. The topological polar surface area (TPSA) is 95.9 Å². The molecule has 2 aromatic rings. The maximum absolute atomic E-state index is 13.1. The van der Waals surface area contributed by atoms with Crippen molar-refractivity contribution in [1.82, 2.24) is 5.32 Å². The molecule has 0 spiro atoms. The Bertz CT molecular complexity index is 1050. The summed E-state index contributed by atoms with van der Waals surface area (Å²) < 4.78 is 5.90. The predicted molar refractivity (Wildman–Crippen MR) is 127 cm³/mol. The van der Waals surface area contributed by atoms with E-state index in [0.29, 0.717) is 22.9 Å². The van der Waals surface area contributed by atoms with Gasteiger partial charge in [-0.2, -0.15) is 0 Å². The van der Waals surface area contributed by atoms with Gasteiger partial charge in [-0.3, -0.25) is 14.9 Å². The highest BCUT2D eigenvalue weighted by Gasteiger charge is 2.37. The van der Waals surface area contributed by atoms with E-state index < -0.39 is 17.8 Å². The van der Waals surface area contributed by atoms with Gasteiger partial charge in [0, 0.05) is 10.6 Å². The predicted octanol–water partition coefficient (Wildman–Crippen LogP) is 5.45. The van der Waals surface area contributed by atoms with Gasteiger partial charge >= 0.3 is 6.03 Å². The second-order valence-corrected chi connectivity index (χ2v) is 8.21. The molecule has 2 aromatic carbocycles. The molecular formula is C25H27ClN2O5. The molecule has 0 atom stereocenters. The fraction of sp³-hybridized carbons (Fsp3) is 0.320. The summed E-state index contributed by atoms with van der Waals surface area (Å²) in [6, 6.07) is 9.63. The molecule has 8 heteroatoms. The lowest BCUT2D eigenvalue weighted by Crippen LogP contribution is -2.54. The van der Waals surface area contributed by atoms with Crippen LogP contribution in [0.15, 0.2) is 48.0 Å². The standard InChI is InChI=1S/C25H27ClN2O5/c1-2-3-4-5-6-7-14-33-22-13-8-18(26)15-17(22)16-21-23(30)27-25(32)28(24(21)31)19-9-11-20(29)12-10-19/h8-13,15-16,29H,2-7,14H2,1H3,(H,27,30,32)/b21-16-. The molecule has 1 aliphatic rings. The Hall–Kier alpha value is -3.32. The number of hydrogen-bond donors (Lipinski definition) is 2. The Morgan fingerprint density at radius 3 is 2.42 bits per heavy atom. The van der Waals surface area contributed by atoms with E-state index in [1.807, 2.05) is 0 Å². The minimum Gasteiger partial charge on any atom is -0.508 e. The van der Waals surface area contributed by atoms with E-state index in [2.05, 4.69) is 12.2 Å². The summed E-state index contributed by atoms with van der Waals surface area (Å²) in [5, 5.41) is 12.1. The van der Waals surface area contributed by atoms with Crippen molar-refractivity contribution >= 4 is 41.2 Å². The molecule has 7 nitrogen and oxygen atoms in total. The molecule has 0 bridgehead atoms. The number of amides is 4. The molecule has 0 unspecified atom stereocenters. The molecule has 4 amide bonds. The zero-order valence-electron chi connectivity index (χ0n) is 18.5. The number of rotatable bonds is 10. The van der Waals surface area contributed by atoms with Crippen LogP contribution >= 0.6 is 11.6 Å². The zero-order valence-corrected chi connectivity index (χ0v) is 19.2. The summed E-state index contributed by atoms with van der Waals surface area (Å²) in [5.74, 6) is -1.10. The van der Waals surface area contributed by atoms with Crippen LogP contribution in [0.3, 0.4) is 0 Å². The number of nitrogens with zero attached hydrogens (tertiary/aromatic N) is 1. The Balaban J connectivity index is 1.79. The molecule has 0 aliphatic carbocycles. The van der Waals surface area contributed by atoms with Gasteiger partial charge < -0.3 is 9.84 Å². The number of anilines is 1. The number of carbonyl (C=O) groups excluding carboxylic acids is 3. The van der Waals surface area contributed by atoms with Crippen LogP contribution in [0.5, 0.6) is 11.5 Å². The number of hydrogen-bond acceptors (Lipinski definition) is 5. The first-order chi connectivity index (χ1) is 15.9. The number of carbonyl (C=O) groups is 3. The minimum atomic E-state index is -0.863. The average Bonchev–Trinajstić information content (AvgIpc) is 2.78. The lowest BCUT2D eigenvalue weighted by Gasteiger charge is -2.26. The second kappa shape index (κ2) is 11.5. The van der Waals surface area contributed by atoms with Crippen LogP contribution < -0.4 is 15.0 Å². The van der Waals surface area contributed by atoms with Gasteiger partial charge in [-0.15, -0.1) is 0 Å². The first kappa shape index (κ1) is 24.3. The molecule has 0 saturated carbocycles. The molecule has 1 aliphatic heterocycles. The van der Waals surface area contributed by atoms with Crippen LogP contribution in [0.2, 0.25) is 5.02 Å². The van der Waals surface area contributed by atoms with Crippen LogP contribution in [-0.2, 0) is 9.59 Å². The molecule has 0 aromatic heterocycles. The fourth-order valence-electron chi connectivity index (χ4n) is 3.48. The normalized spacial score (nSPS) is 15.2. The number of benzene rings is 2. The van der Waals surface area contributed by atoms with Gasteiger partial charge in [0.15, 0.2) is 0 Å². The van der Waals surface area contributed by atoms with Gasteiger partial charge in [0.25, 0.3) is 11.8 Å². The van der Waals surface area contributed by atoms with Crippen molar-refractivity contribution in [2.45, 2.75) is 45.4 Å². The van der Waals surface area contributed by atoms with Gasteiger partial charge in [0.05, 0.1) is 12.3 Å². The van der Waals surface area contributed by atoms with Crippen molar-refractivity contribution in [1.29, 1.82) is 0 Å². The molecular weight excluding hydrogens is 444 g/mol. The van der Waals surface area contributed by atoms with Crippen LogP contribution in [0.1, 0.15) is 51.0 Å². The molecule has 1 fully saturated rings. The highest BCUT2D eigenvalue weighted by molar-refractivity contribution is 6.39. The number of ether oxygens (including phenoxy) is 1. The largest absolute Gasteiger partial charge is 0.508 e. The second-order valence-electron chi connectivity index (χ2n) is 7.77. The monoisotopic (exact) mass is 470 g/mol. The number of urea groups is 1. The lowest BCUT2D eigenvalue weighted by atomic mass is 10.1. The van der Waals surface area contributed by atoms with Gasteiger partial charge in [0.2, 0.25) is 0 Å². The number of barbiturate groups is 1. The van der Waals surface area contributed by atoms with E-state index in [1.54, 1.807) is 18.2 Å². The first-order valence-electron chi connectivity index (χ1n) is 11.0. The number of aromatic hydroxyl groups is 1. The van der Waals surface area contributed by atoms with Gasteiger partial charge in [-0.25, -0.2) is 9.69 Å². The van der Waals surface area contributed by atoms with Crippen molar-refractivity contribution in [3.05, 3.63) is 58.6 Å². The average molecular weight is 471 g/mol. The maximum atomic E-state index is 13.1.